The molecule has 208 valence electrons. The van der Waals surface area contributed by atoms with Gasteiger partial charge in [0.25, 0.3) is 0 Å². The van der Waals surface area contributed by atoms with Crippen molar-refractivity contribution in [3.63, 3.8) is 0 Å². The molecule has 0 aromatic heterocycles. The van der Waals surface area contributed by atoms with Crippen LogP contribution in [0.2, 0.25) is 10.0 Å². The first-order valence-corrected chi connectivity index (χ1v) is 14.8. The van der Waals surface area contributed by atoms with Gasteiger partial charge in [0, 0.05) is 52.9 Å². The van der Waals surface area contributed by atoms with Gasteiger partial charge in [-0.15, -0.1) is 0 Å². The minimum absolute atomic E-state index is 0.0158. The lowest BCUT2D eigenvalue weighted by Crippen LogP contribution is -2.46. The van der Waals surface area contributed by atoms with Crippen molar-refractivity contribution in [2.24, 2.45) is 0 Å². The van der Waals surface area contributed by atoms with E-state index in [2.05, 4.69) is 9.80 Å². The number of unbranched alkanes of at least 4 members (excludes halogenated alkanes) is 1. The van der Waals surface area contributed by atoms with Crippen LogP contribution in [0.5, 0.6) is 5.75 Å². The third kappa shape index (κ3) is 7.30. The Bertz CT molecular complexity index is 1080. The SMILES string of the molecule is COP(OC)OC(C)N1C(=O)CCc2ccc(OCCCCN3CCN(c4cccc(Cl)c4Cl)CC3)cc21. The maximum Gasteiger partial charge on any atom is 0.334 e. The van der Waals surface area contributed by atoms with Crippen LogP contribution in [0.4, 0.5) is 11.4 Å². The summed E-state index contributed by atoms with van der Waals surface area (Å²) >= 11 is 12.6. The van der Waals surface area contributed by atoms with E-state index in [9.17, 15) is 4.79 Å². The van der Waals surface area contributed by atoms with Gasteiger partial charge in [0.2, 0.25) is 5.91 Å². The summed E-state index contributed by atoms with van der Waals surface area (Å²) < 4.78 is 22.3. The third-order valence-electron chi connectivity index (χ3n) is 6.88. The molecule has 2 aliphatic heterocycles. The van der Waals surface area contributed by atoms with E-state index < -0.39 is 14.8 Å². The number of rotatable bonds is 12. The van der Waals surface area contributed by atoms with E-state index in [1.54, 1.807) is 4.90 Å². The van der Waals surface area contributed by atoms with Gasteiger partial charge in [-0.25, -0.2) is 0 Å². The lowest BCUT2D eigenvalue weighted by Gasteiger charge is -2.36. The summed E-state index contributed by atoms with van der Waals surface area (Å²) in [4.78, 5) is 19.2. The molecule has 2 aromatic rings. The van der Waals surface area contributed by atoms with Crippen molar-refractivity contribution in [1.82, 2.24) is 4.90 Å². The van der Waals surface area contributed by atoms with E-state index >= 15 is 0 Å². The van der Waals surface area contributed by atoms with Gasteiger partial charge in [0.05, 0.1) is 28.0 Å². The summed E-state index contributed by atoms with van der Waals surface area (Å²) in [6, 6.07) is 11.8. The summed E-state index contributed by atoms with van der Waals surface area (Å²) in [5.41, 5.74) is 2.94. The fourth-order valence-electron chi connectivity index (χ4n) is 4.87. The van der Waals surface area contributed by atoms with E-state index in [4.69, 9.17) is 41.5 Å². The van der Waals surface area contributed by atoms with Crippen molar-refractivity contribution in [3.05, 3.63) is 52.0 Å². The highest BCUT2D eigenvalue weighted by atomic mass is 35.5. The molecule has 8 nitrogen and oxygen atoms in total. The van der Waals surface area contributed by atoms with Gasteiger partial charge in [0.1, 0.15) is 12.0 Å². The molecule has 0 N–H and O–H groups in total. The zero-order chi connectivity index (χ0) is 27.1. The van der Waals surface area contributed by atoms with Crippen LogP contribution in [0.3, 0.4) is 0 Å². The van der Waals surface area contributed by atoms with Crippen molar-refractivity contribution in [1.29, 1.82) is 0 Å². The van der Waals surface area contributed by atoms with Crippen LogP contribution >= 0.6 is 31.8 Å². The van der Waals surface area contributed by atoms with Gasteiger partial charge in [-0.05, 0) is 56.5 Å². The summed E-state index contributed by atoms with van der Waals surface area (Å²) in [6.07, 6.45) is 2.64. The molecule has 1 atom stereocenters. The average molecular weight is 584 g/mol. The minimum atomic E-state index is -1.52. The highest BCUT2D eigenvalue weighted by Gasteiger charge is 2.31. The molecule has 0 aliphatic carbocycles. The van der Waals surface area contributed by atoms with E-state index in [0.29, 0.717) is 29.5 Å². The average Bonchev–Trinajstić information content (AvgIpc) is 2.93. The fraction of sp³-hybridized carbons (Fsp3) is 0.519. The number of benzene rings is 2. The molecule has 0 saturated carbocycles. The molecule has 2 aliphatic rings. The van der Waals surface area contributed by atoms with Crippen molar-refractivity contribution in [2.75, 3.05) is 63.4 Å². The first-order chi connectivity index (χ1) is 18.4. The second-order valence-electron chi connectivity index (χ2n) is 9.30. The minimum Gasteiger partial charge on any atom is -0.494 e. The molecule has 0 radical (unpaired) electrons. The van der Waals surface area contributed by atoms with E-state index in [-0.39, 0.29) is 5.91 Å². The zero-order valence-electron chi connectivity index (χ0n) is 22.2. The molecule has 1 fully saturated rings. The Balaban J connectivity index is 1.23. The van der Waals surface area contributed by atoms with Gasteiger partial charge in [0.15, 0.2) is 0 Å². The molecule has 0 spiro atoms. The Hall–Kier alpha value is -1.64. The van der Waals surface area contributed by atoms with Crippen LogP contribution in [-0.2, 0) is 24.8 Å². The number of carbonyl (C=O) groups is 1. The first-order valence-electron chi connectivity index (χ1n) is 13.0. The van der Waals surface area contributed by atoms with Crippen LogP contribution in [0.25, 0.3) is 0 Å². The Morgan fingerprint density at radius 2 is 1.74 bits per heavy atom. The number of piperazine rings is 1. The van der Waals surface area contributed by atoms with Gasteiger partial charge in [-0.2, -0.15) is 0 Å². The number of halogens is 2. The van der Waals surface area contributed by atoms with E-state index in [1.165, 1.54) is 14.2 Å². The molecule has 0 bridgehead atoms. The lowest BCUT2D eigenvalue weighted by molar-refractivity contribution is -0.120. The number of fused-ring (bicyclic) bond motifs is 1. The standard InChI is InChI=1S/C27H36Cl2N3O5P/c1-20(37-38(34-2)35-3)32-25-19-22(11-9-21(25)10-12-26(32)33)36-18-5-4-13-30-14-16-31(17-15-30)24-8-6-7-23(28)27(24)29/h6-9,11,19-20H,4-5,10,12-18H2,1-3H3. The second kappa shape index (κ2) is 14.1. The van der Waals surface area contributed by atoms with Crippen LogP contribution in [0.1, 0.15) is 31.7 Å². The zero-order valence-corrected chi connectivity index (χ0v) is 24.6. The highest BCUT2D eigenvalue weighted by molar-refractivity contribution is 7.41. The predicted octanol–water partition coefficient (Wildman–Crippen LogP) is 6.14. The largest absolute Gasteiger partial charge is 0.494 e. The molecule has 11 heteroatoms. The fourth-order valence-corrected chi connectivity index (χ4v) is 5.95. The molecule has 1 amide bonds. The Morgan fingerprint density at radius 1 is 0.974 bits per heavy atom. The van der Waals surface area contributed by atoms with Crippen molar-refractivity contribution in [2.45, 2.75) is 38.8 Å². The van der Waals surface area contributed by atoms with Crippen molar-refractivity contribution < 1.29 is 23.1 Å². The number of carbonyl (C=O) groups excluding carboxylic acids is 1. The summed E-state index contributed by atoms with van der Waals surface area (Å²) in [7, 11) is 1.53. The smallest absolute Gasteiger partial charge is 0.334 e. The van der Waals surface area contributed by atoms with Crippen LogP contribution in [0.15, 0.2) is 36.4 Å². The number of aryl methyl sites for hydroxylation is 1. The van der Waals surface area contributed by atoms with Crippen LogP contribution < -0.4 is 14.5 Å². The van der Waals surface area contributed by atoms with Gasteiger partial charge < -0.3 is 18.7 Å². The molecule has 2 heterocycles. The second-order valence-corrected chi connectivity index (χ2v) is 11.5. The molecular formula is C27H36Cl2N3O5P. The number of amides is 1. The molecule has 4 rings (SSSR count). The quantitative estimate of drug-likeness (QED) is 0.220. The molecular weight excluding hydrogens is 548 g/mol. The molecule has 38 heavy (non-hydrogen) atoms. The van der Waals surface area contributed by atoms with Crippen molar-refractivity contribution in [3.8, 4) is 5.75 Å². The number of anilines is 2. The molecule has 1 saturated heterocycles. The van der Waals surface area contributed by atoms with Crippen molar-refractivity contribution >= 4 is 49.1 Å². The van der Waals surface area contributed by atoms with E-state index in [0.717, 1.165) is 68.3 Å². The monoisotopic (exact) mass is 583 g/mol. The number of hydrogen-bond acceptors (Lipinski definition) is 7. The Kier molecular flexibility index (Phi) is 10.9. The maximum absolute atomic E-state index is 12.8. The number of hydrogen-bond donors (Lipinski definition) is 0. The highest BCUT2D eigenvalue weighted by Crippen LogP contribution is 2.42. The van der Waals surface area contributed by atoms with Gasteiger partial charge >= 0.3 is 8.60 Å². The number of nitrogens with zero attached hydrogens (tertiary/aromatic N) is 3. The molecule has 2 aromatic carbocycles. The lowest BCUT2D eigenvalue weighted by atomic mass is 10.0. The molecule has 1 unspecified atom stereocenters. The van der Waals surface area contributed by atoms with Gasteiger partial charge in [-0.1, -0.05) is 35.3 Å². The normalized spacial score (nSPS) is 17.2. The van der Waals surface area contributed by atoms with Gasteiger partial charge in [-0.3, -0.25) is 19.1 Å². The predicted molar refractivity (Wildman–Crippen MR) is 154 cm³/mol. The Morgan fingerprint density at radius 3 is 2.47 bits per heavy atom. The summed E-state index contributed by atoms with van der Waals surface area (Å²) in [6.45, 7) is 7.33. The van der Waals surface area contributed by atoms with Crippen LogP contribution in [0, 0.1) is 0 Å². The first kappa shape index (κ1) is 29.3. The summed E-state index contributed by atoms with van der Waals surface area (Å²) in [5.74, 6) is 0.769. The maximum atomic E-state index is 12.8. The Labute approximate surface area is 236 Å². The third-order valence-corrected chi connectivity index (χ3v) is 8.76. The topological polar surface area (TPSA) is 63.7 Å². The number of ether oxygens (including phenoxy) is 1. The van der Waals surface area contributed by atoms with E-state index in [1.807, 2.05) is 43.3 Å². The summed E-state index contributed by atoms with van der Waals surface area (Å²) in [5, 5.41) is 1.23. The van der Waals surface area contributed by atoms with Crippen LogP contribution in [-0.4, -0.2) is 70.6 Å².